The first-order valence-electron chi connectivity index (χ1n) is 13.0. The predicted molar refractivity (Wildman–Crippen MR) is 165 cm³/mol. The molecule has 8 nitrogen and oxygen atoms in total. The number of carbonyl (C=O) groups is 1. The lowest BCUT2D eigenvalue weighted by Crippen LogP contribution is -2.37. The third-order valence-corrected chi connectivity index (χ3v) is 11.0. The molecule has 1 aliphatic heterocycles. The summed E-state index contributed by atoms with van der Waals surface area (Å²) >= 11 is 11.9. The molecule has 1 N–H and O–H groups in total. The smallest absolute Gasteiger partial charge is 0.264 e. The number of rotatable bonds is 9. The molecule has 0 aromatic heterocycles. The van der Waals surface area contributed by atoms with Crippen LogP contribution in [-0.2, 0) is 37.8 Å². The first-order chi connectivity index (χ1) is 19.9. The van der Waals surface area contributed by atoms with E-state index >= 15 is 0 Å². The zero-order chi connectivity index (χ0) is 30.1. The van der Waals surface area contributed by atoms with Crippen LogP contribution < -0.4 is 9.62 Å². The van der Waals surface area contributed by atoms with Gasteiger partial charge in [0, 0.05) is 28.8 Å². The zero-order valence-electron chi connectivity index (χ0n) is 22.5. The van der Waals surface area contributed by atoms with Gasteiger partial charge in [-0.25, -0.2) is 16.8 Å². The molecule has 12 heteroatoms. The van der Waals surface area contributed by atoms with Gasteiger partial charge in [0.2, 0.25) is 15.9 Å². The molecule has 0 bridgehead atoms. The van der Waals surface area contributed by atoms with E-state index in [4.69, 9.17) is 23.2 Å². The van der Waals surface area contributed by atoms with Crippen LogP contribution in [0.4, 0.5) is 11.4 Å². The van der Waals surface area contributed by atoms with Crippen LogP contribution in [0, 0.1) is 6.92 Å². The lowest BCUT2D eigenvalue weighted by molar-refractivity contribution is -0.116. The van der Waals surface area contributed by atoms with Crippen molar-refractivity contribution in [1.29, 1.82) is 0 Å². The van der Waals surface area contributed by atoms with Gasteiger partial charge >= 0.3 is 0 Å². The third-order valence-electron chi connectivity index (χ3n) is 6.87. The van der Waals surface area contributed by atoms with Crippen LogP contribution >= 0.6 is 23.2 Å². The van der Waals surface area contributed by atoms with Crippen LogP contribution in [0.1, 0.15) is 16.7 Å². The minimum Gasteiger partial charge on any atom is -0.325 e. The summed E-state index contributed by atoms with van der Waals surface area (Å²) in [6.07, 6.45) is 0.514. The van der Waals surface area contributed by atoms with Gasteiger partial charge in [-0.15, -0.1) is 0 Å². The molecule has 5 rings (SSSR count). The molecule has 1 amide bonds. The van der Waals surface area contributed by atoms with Gasteiger partial charge in [0.25, 0.3) is 10.0 Å². The molecule has 4 aromatic carbocycles. The molecule has 0 radical (unpaired) electrons. The molecular formula is C30H27Cl2N3O5S2. The van der Waals surface area contributed by atoms with E-state index in [1.54, 1.807) is 54.6 Å². The second kappa shape index (κ2) is 12.1. The van der Waals surface area contributed by atoms with Crippen molar-refractivity contribution < 1.29 is 21.6 Å². The molecule has 0 spiro atoms. The lowest BCUT2D eigenvalue weighted by atomic mass is 10.1. The van der Waals surface area contributed by atoms with E-state index in [0.29, 0.717) is 33.4 Å². The monoisotopic (exact) mass is 643 g/mol. The largest absolute Gasteiger partial charge is 0.325 e. The Morgan fingerprint density at radius 2 is 1.43 bits per heavy atom. The molecular weight excluding hydrogens is 617 g/mol. The number of benzene rings is 4. The summed E-state index contributed by atoms with van der Waals surface area (Å²) < 4.78 is 56.3. The number of fused-ring (bicyclic) bond motifs is 1. The fourth-order valence-corrected chi connectivity index (χ4v) is 7.78. The number of carbonyl (C=O) groups excluding carboxylic acids is 1. The molecule has 42 heavy (non-hydrogen) atoms. The summed E-state index contributed by atoms with van der Waals surface area (Å²) in [6.45, 7) is 1.58. The normalized spacial score (nSPS) is 13.3. The van der Waals surface area contributed by atoms with E-state index in [1.165, 1.54) is 40.7 Å². The number of anilines is 2. The third kappa shape index (κ3) is 6.48. The molecule has 4 aromatic rings. The Morgan fingerprint density at radius 1 is 0.833 bits per heavy atom. The number of aryl methyl sites for hydroxylation is 1. The topological polar surface area (TPSA) is 104 Å². The fourth-order valence-electron chi connectivity index (χ4n) is 4.65. The number of amides is 1. The summed E-state index contributed by atoms with van der Waals surface area (Å²) in [5, 5.41) is 3.68. The van der Waals surface area contributed by atoms with Crippen molar-refractivity contribution in [3.8, 4) is 0 Å². The molecule has 218 valence electrons. The minimum absolute atomic E-state index is 0.0574. The van der Waals surface area contributed by atoms with Crippen LogP contribution in [-0.4, -0.2) is 40.1 Å². The number of hydrogen-bond acceptors (Lipinski definition) is 5. The summed E-state index contributed by atoms with van der Waals surface area (Å²) in [4.78, 5) is 13.4. The zero-order valence-corrected chi connectivity index (χ0v) is 25.6. The van der Waals surface area contributed by atoms with Crippen LogP contribution in [0.2, 0.25) is 10.0 Å². The highest BCUT2D eigenvalue weighted by atomic mass is 35.5. The average molecular weight is 645 g/mol. The van der Waals surface area contributed by atoms with Crippen LogP contribution in [0.3, 0.4) is 0 Å². The standard InChI is InChI=1S/C30H27Cl2N3O5S2/c1-21-2-12-27(13-3-21)41(37,38)34(19-22-4-7-24(31)8-5-22)20-30(36)33-26-11-6-23-16-17-35(29(23)18-26)42(39,40)28-14-9-25(32)10-15-28/h2-15,18H,16-17,19-20H2,1H3,(H,33,36). The van der Waals surface area contributed by atoms with Gasteiger partial charge in [-0.3, -0.25) is 9.10 Å². The highest BCUT2D eigenvalue weighted by molar-refractivity contribution is 7.92. The lowest BCUT2D eigenvalue weighted by Gasteiger charge is -2.23. The molecule has 0 saturated heterocycles. The molecule has 0 unspecified atom stereocenters. The highest BCUT2D eigenvalue weighted by Crippen LogP contribution is 2.35. The van der Waals surface area contributed by atoms with Crippen molar-refractivity contribution in [1.82, 2.24) is 4.31 Å². The van der Waals surface area contributed by atoms with Crippen molar-refractivity contribution >= 4 is 60.5 Å². The van der Waals surface area contributed by atoms with E-state index in [0.717, 1.165) is 15.4 Å². The van der Waals surface area contributed by atoms with Crippen LogP contribution in [0.5, 0.6) is 0 Å². The predicted octanol–water partition coefficient (Wildman–Crippen LogP) is 5.88. The van der Waals surface area contributed by atoms with Crippen LogP contribution in [0.15, 0.2) is 101 Å². The van der Waals surface area contributed by atoms with Crippen molar-refractivity contribution in [3.63, 3.8) is 0 Å². The van der Waals surface area contributed by atoms with Crippen molar-refractivity contribution in [2.75, 3.05) is 22.7 Å². The van der Waals surface area contributed by atoms with E-state index in [1.807, 2.05) is 6.92 Å². The summed E-state index contributed by atoms with van der Waals surface area (Å²) in [5.41, 5.74) is 3.17. The number of hydrogen-bond donors (Lipinski definition) is 1. The Balaban J connectivity index is 1.39. The molecule has 0 atom stereocenters. The average Bonchev–Trinajstić information content (AvgIpc) is 3.38. The Kier molecular flexibility index (Phi) is 8.63. The Labute approximate surface area is 255 Å². The molecule has 0 saturated carbocycles. The summed E-state index contributed by atoms with van der Waals surface area (Å²) in [6, 6.07) is 24.1. The molecule has 1 aliphatic rings. The summed E-state index contributed by atoms with van der Waals surface area (Å²) in [5.74, 6) is -0.579. The first-order valence-corrected chi connectivity index (χ1v) is 16.6. The van der Waals surface area contributed by atoms with Gasteiger partial charge in [-0.2, -0.15) is 4.31 Å². The van der Waals surface area contributed by atoms with Gasteiger partial charge in [0.15, 0.2) is 0 Å². The summed E-state index contributed by atoms with van der Waals surface area (Å²) in [7, 11) is -7.90. The van der Waals surface area contributed by atoms with Crippen molar-refractivity contribution in [3.05, 3.63) is 118 Å². The molecule has 1 heterocycles. The maximum absolute atomic E-state index is 13.6. The SMILES string of the molecule is Cc1ccc(S(=O)(=O)N(CC(=O)Nc2ccc3c(c2)N(S(=O)(=O)c2ccc(Cl)cc2)CC3)Cc2ccc(Cl)cc2)cc1. The minimum atomic E-state index is -4.04. The van der Waals surface area contributed by atoms with Crippen molar-refractivity contribution in [2.24, 2.45) is 0 Å². The number of sulfonamides is 2. The maximum Gasteiger partial charge on any atom is 0.264 e. The van der Waals surface area contributed by atoms with Gasteiger partial charge in [0.05, 0.1) is 22.0 Å². The highest BCUT2D eigenvalue weighted by Gasteiger charge is 2.32. The van der Waals surface area contributed by atoms with E-state index in [2.05, 4.69) is 5.32 Å². The van der Waals surface area contributed by atoms with Gasteiger partial charge in [-0.1, -0.05) is 59.1 Å². The van der Waals surface area contributed by atoms with E-state index in [-0.39, 0.29) is 22.9 Å². The van der Waals surface area contributed by atoms with E-state index < -0.39 is 32.5 Å². The second-order valence-electron chi connectivity index (χ2n) is 9.89. The van der Waals surface area contributed by atoms with Gasteiger partial charge < -0.3 is 5.32 Å². The molecule has 0 aliphatic carbocycles. The van der Waals surface area contributed by atoms with E-state index in [9.17, 15) is 21.6 Å². The number of nitrogens with one attached hydrogen (secondary N) is 1. The van der Waals surface area contributed by atoms with Crippen molar-refractivity contribution in [2.45, 2.75) is 29.7 Å². The van der Waals surface area contributed by atoms with Gasteiger partial charge in [0.1, 0.15) is 0 Å². The number of halogens is 2. The number of nitrogens with zero attached hydrogens (tertiary/aromatic N) is 2. The first kappa shape index (κ1) is 30.1. The second-order valence-corrected chi connectivity index (χ2v) is 14.6. The maximum atomic E-state index is 13.6. The quantitative estimate of drug-likeness (QED) is 0.245. The Morgan fingerprint density at radius 3 is 2.07 bits per heavy atom. The Hall–Kier alpha value is -3.41. The Bertz CT molecular complexity index is 1830. The fraction of sp³-hybridized carbons (Fsp3) is 0.167. The van der Waals surface area contributed by atoms with Crippen LogP contribution in [0.25, 0.3) is 0 Å². The molecule has 0 fully saturated rings. The van der Waals surface area contributed by atoms with Gasteiger partial charge in [-0.05, 0) is 85.1 Å².